The summed E-state index contributed by atoms with van der Waals surface area (Å²) in [4.78, 5) is 32.4. The molecule has 3 atom stereocenters. The van der Waals surface area contributed by atoms with E-state index >= 15 is 0 Å². The lowest BCUT2D eigenvalue weighted by Crippen LogP contribution is -2.32. The molecule has 84 valence electrons. The minimum atomic E-state index is -1.34. The van der Waals surface area contributed by atoms with Crippen molar-refractivity contribution in [3.63, 3.8) is 0 Å². The van der Waals surface area contributed by atoms with Crippen molar-refractivity contribution in [3.05, 3.63) is 0 Å². The molecule has 2 N–H and O–H groups in total. The summed E-state index contributed by atoms with van der Waals surface area (Å²) in [6.45, 7) is 0. The second-order valence-electron chi connectivity index (χ2n) is 3.09. The third-order valence-corrected chi connectivity index (χ3v) is 2.17. The van der Waals surface area contributed by atoms with Crippen molar-refractivity contribution in [2.24, 2.45) is 5.92 Å². The first-order chi connectivity index (χ1) is 6.97. The first kappa shape index (κ1) is 11.4. The number of carboxylic acids is 2. The molecule has 0 amide bonds. The summed E-state index contributed by atoms with van der Waals surface area (Å²) in [5, 5.41) is 17.4. The van der Waals surface area contributed by atoms with Gasteiger partial charge in [-0.05, 0) is 0 Å². The van der Waals surface area contributed by atoms with Crippen LogP contribution in [0.1, 0.15) is 6.42 Å². The van der Waals surface area contributed by atoms with Crippen molar-refractivity contribution in [1.29, 1.82) is 0 Å². The van der Waals surface area contributed by atoms with E-state index in [4.69, 9.17) is 14.9 Å². The highest BCUT2D eigenvalue weighted by Crippen LogP contribution is 2.27. The van der Waals surface area contributed by atoms with Gasteiger partial charge < -0.3 is 19.7 Å². The molecule has 0 aromatic rings. The van der Waals surface area contributed by atoms with Gasteiger partial charge in [0.1, 0.15) is 0 Å². The smallest absolute Gasteiger partial charge is 0.335 e. The number of carbonyl (C=O) groups excluding carboxylic acids is 1. The van der Waals surface area contributed by atoms with Crippen LogP contribution < -0.4 is 0 Å². The van der Waals surface area contributed by atoms with Crippen molar-refractivity contribution in [2.45, 2.75) is 18.6 Å². The SMILES string of the molecule is COC(=O)[C@@H]1O[C@@H](C(=O)O)C[C@H]1C(=O)O. The minimum Gasteiger partial charge on any atom is -0.481 e. The van der Waals surface area contributed by atoms with Crippen LogP contribution in [0.15, 0.2) is 0 Å². The topological polar surface area (TPSA) is 110 Å². The molecule has 0 aliphatic carbocycles. The van der Waals surface area contributed by atoms with E-state index in [2.05, 4.69) is 4.74 Å². The fraction of sp³-hybridized carbons (Fsp3) is 0.625. The second-order valence-corrected chi connectivity index (χ2v) is 3.09. The Hall–Kier alpha value is -1.63. The number of carboxylic acid groups (broad SMARTS) is 2. The molecule has 0 radical (unpaired) electrons. The predicted octanol–water partition coefficient (Wildman–Crippen LogP) is -0.898. The van der Waals surface area contributed by atoms with Crippen LogP contribution >= 0.6 is 0 Å². The highest BCUT2D eigenvalue weighted by atomic mass is 16.6. The highest BCUT2D eigenvalue weighted by Gasteiger charge is 2.47. The summed E-state index contributed by atoms with van der Waals surface area (Å²) in [5.74, 6) is -4.59. The number of aliphatic carboxylic acids is 2. The quantitative estimate of drug-likeness (QED) is 0.590. The number of methoxy groups -OCH3 is 1. The van der Waals surface area contributed by atoms with Crippen LogP contribution in [0.4, 0.5) is 0 Å². The van der Waals surface area contributed by atoms with E-state index in [1.165, 1.54) is 0 Å². The van der Waals surface area contributed by atoms with Crippen LogP contribution in [0.25, 0.3) is 0 Å². The lowest BCUT2D eigenvalue weighted by molar-refractivity contribution is -0.164. The summed E-state index contributed by atoms with van der Waals surface area (Å²) in [6.07, 6.45) is -2.84. The maximum atomic E-state index is 11.1. The van der Waals surface area contributed by atoms with Crippen molar-refractivity contribution >= 4 is 17.9 Å². The van der Waals surface area contributed by atoms with Gasteiger partial charge in [-0.1, -0.05) is 0 Å². The molecule has 7 nitrogen and oxygen atoms in total. The number of rotatable bonds is 3. The molecule has 0 saturated carbocycles. The minimum absolute atomic E-state index is 0.232. The van der Waals surface area contributed by atoms with Gasteiger partial charge in [-0.15, -0.1) is 0 Å². The molecular weight excluding hydrogens is 208 g/mol. The second kappa shape index (κ2) is 4.26. The summed E-state index contributed by atoms with van der Waals surface area (Å²) >= 11 is 0. The van der Waals surface area contributed by atoms with Gasteiger partial charge in [0, 0.05) is 6.42 Å². The van der Waals surface area contributed by atoms with Gasteiger partial charge in [-0.2, -0.15) is 0 Å². The summed E-state index contributed by atoms with van der Waals surface area (Å²) < 4.78 is 9.12. The Morgan fingerprint density at radius 2 is 1.87 bits per heavy atom. The Morgan fingerprint density at radius 3 is 2.27 bits per heavy atom. The van der Waals surface area contributed by atoms with Crippen molar-refractivity contribution in [1.82, 2.24) is 0 Å². The normalized spacial score (nSPS) is 29.8. The molecule has 15 heavy (non-hydrogen) atoms. The molecule has 0 aromatic heterocycles. The third-order valence-electron chi connectivity index (χ3n) is 2.17. The van der Waals surface area contributed by atoms with Gasteiger partial charge in [0.2, 0.25) is 0 Å². The molecule has 1 fully saturated rings. The van der Waals surface area contributed by atoms with Gasteiger partial charge in [-0.3, -0.25) is 4.79 Å². The Bertz CT molecular complexity index is 297. The van der Waals surface area contributed by atoms with Gasteiger partial charge >= 0.3 is 17.9 Å². The van der Waals surface area contributed by atoms with Gasteiger partial charge in [0.25, 0.3) is 0 Å². The Balaban J connectivity index is 2.81. The standard InChI is InChI=1S/C8H10O7/c1-14-8(13)5-3(6(9)10)2-4(15-5)7(11)12/h3-5H,2H2,1H3,(H,9,10)(H,11,12)/t3-,4-,5-/m1/s1. The first-order valence-corrected chi connectivity index (χ1v) is 4.16. The largest absolute Gasteiger partial charge is 0.481 e. The monoisotopic (exact) mass is 218 g/mol. The molecule has 1 aliphatic heterocycles. The van der Waals surface area contributed by atoms with E-state index in [-0.39, 0.29) is 6.42 Å². The van der Waals surface area contributed by atoms with Crippen molar-refractivity contribution in [2.75, 3.05) is 7.11 Å². The molecule has 0 aromatic carbocycles. The van der Waals surface area contributed by atoms with Crippen LogP contribution in [0, 0.1) is 5.92 Å². The van der Waals surface area contributed by atoms with Crippen LogP contribution in [-0.4, -0.2) is 47.4 Å². The number of esters is 1. The van der Waals surface area contributed by atoms with Crippen LogP contribution in [0.2, 0.25) is 0 Å². The molecular formula is C8H10O7. The first-order valence-electron chi connectivity index (χ1n) is 4.16. The molecule has 0 bridgehead atoms. The number of carbonyl (C=O) groups is 3. The molecule has 1 heterocycles. The Morgan fingerprint density at radius 1 is 1.27 bits per heavy atom. The summed E-state index contributed by atoms with van der Waals surface area (Å²) in [5.41, 5.74) is 0. The van der Waals surface area contributed by atoms with Crippen LogP contribution in [-0.2, 0) is 23.9 Å². The fourth-order valence-corrected chi connectivity index (χ4v) is 1.41. The van der Waals surface area contributed by atoms with Crippen LogP contribution in [0.5, 0.6) is 0 Å². The lowest BCUT2D eigenvalue weighted by atomic mass is 9.99. The van der Waals surface area contributed by atoms with Gasteiger partial charge in [0.05, 0.1) is 13.0 Å². The molecule has 7 heteroatoms. The zero-order valence-electron chi connectivity index (χ0n) is 7.87. The van der Waals surface area contributed by atoms with Gasteiger partial charge in [0.15, 0.2) is 12.2 Å². The zero-order valence-corrected chi connectivity index (χ0v) is 7.87. The van der Waals surface area contributed by atoms with Crippen molar-refractivity contribution in [3.8, 4) is 0 Å². The van der Waals surface area contributed by atoms with E-state index in [1.807, 2.05) is 0 Å². The van der Waals surface area contributed by atoms with E-state index in [9.17, 15) is 14.4 Å². The molecule has 1 aliphatic rings. The Kier molecular flexibility index (Phi) is 3.25. The molecule has 0 unspecified atom stereocenters. The van der Waals surface area contributed by atoms with Gasteiger partial charge in [-0.25, -0.2) is 9.59 Å². The van der Waals surface area contributed by atoms with E-state index in [0.29, 0.717) is 0 Å². The average molecular weight is 218 g/mol. The number of ether oxygens (including phenoxy) is 2. The zero-order chi connectivity index (χ0) is 11.6. The summed E-state index contributed by atoms with van der Waals surface area (Å²) in [7, 11) is 1.08. The van der Waals surface area contributed by atoms with E-state index in [0.717, 1.165) is 7.11 Å². The van der Waals surface area contributed by atoms with Crippen LogP contribution in [0.3, 0.4) is 0 Å². The van der Waals surface area contributed by atoms with Crippen molar-refractivity contribution < 1.29 is 34.1 Å². The lowest BCUT2D eigenvalue weighted by Gasteiger charge is -2.11. The maximum Gasteiger partial charge on any atom is 0.335 e. The Labute approximate surface area is 84.6 Å². The average Bonchev–Trinajstić information content (AvgIpc) is 2.61. The number of hydrogen-bond acceptors (Lipinski definition) is 5. The highest BCUT2D eigenvalue weighted by molar-refractivity contribution is 5.85. The number of hydrogen-bond donors (Lipinski definition) is 2. The fourth-order valence-electron chi connectivity index (χ4n) is 1.41. The van der Waals surface area contributed by atoms with E-state index in [1.54, 1.807) is 0 Å². The maximum absolute atomic E-state index is 11.1. The van der Waals surface area contributed by atoms with E-state index < -0.39 is 36.0 Å². The molecule has 1 saturated heterocycles. The predicted molar refractivity (Wildman–Crippen MR) is 44.1 cm³/mol. The summed E-state index contributed by atoms with van der Waals surface area (Å²) in [6, 6.07) is 0. The third kappa shape index (κ3) is 2.24. The molecule has 0 spiro atoms. The molecule has 1 rings (SSSR count).